The van der Waals surface area contributed by atoms with E-state index in [0.717, 1.165) is 25.7 Å². The highest BCUT2D eigenvalue weighted by Gasteiger charge is 2.43. The van der Waals surface area contributed by atoms with Crippen molar-refractivity contribution in [2.75, 3.05) is 6.54 Å². The maximum Gasteiger partial charge on any atom is 0.238 e. The molecule has 4 nitrogen and oxygen atoms in total. The van der Waals surface area contributed by atoms with E-state index in [-0.39, 0.29) is 47.6 Å². The molecule has 1 saturated carbocycles. The van der Waals surface area contributed by atoms with E-state index in [0.29, 0.717) is 22.8 Å². The lowest BCUT2D eigenvalue weighted by atomic mass is 9.65. The van der Waals surface area contributed by atoms with Crippen LogP contribution in [-0.2, 0) is 11.2 Å². The van der Waals surface area contributed by atoms with Crippen LogP contribution in [0, 0.1) is 17.8 Å². The molecule has 1 aliphatic carbocycles. The van der Waals surface area contributed by atoms with Crippen LogP contribution in [0.25, 0.3) is 0 Å². The monoisotopic (exact) mass is 448 g/mol. The molecular formula is C21H28Cl2F2N2O2. The van der Waals surface area contributed by atoms with E-state index in [4.69, 9.17) is 23.2 Å². The van der Waals surface area contributed by atoms with Crippen LogP contribution in [0.1, 0.15) is 63.3 Å². The minimum Gasteiger partial charge on any atom is -0.387 e. The van der Waals surface area contributed by atoms with Crippen molar-refractivity contribution in [3.63, 3.8) is 0 Å². The number of halogens is 4. The van der Waals surface area contributed by atoms with Gasteiger partial charge in [-0.1, -0.05) is 29.6 Å². The van der Waals surface area contributed by atoms with Gasteiger partial charge in [0.1, 0.15) is 0 Å². The third-order valence-electron chi connectivity index (χ3n) is 6.70. The van der Waals surface area contributed by atoms with Gasteiger partial charge in [0, 0.05) is 30.8 Å². The van der Waals surface area contributed by atoms with Gasteiger partial charge in [0.15, 0.2) is 0 Å². The van der Waals surface area contributed by atoms with E-state index in [1.807, 2.05) is 11.8 Å². The maximum absolute atomic E-state index is 13.1. The lowest BCUT2D eigenvalue weighted by Crippen LogP contribution is -2.53. The molecule has 0 aromatic carbocycles. The summed E-state index contributed by atoms with van der Waals surface area (Å²) in [6, 6.07) is -0.00246. The Bertz CT molecular complexity index is 748. The number of likely N-dealkylation sites (tertiary alicyclic amines) is 1. The zero-order valence-electron chi connectivity index (χ0n) is 16.8. The molecule has 2 aliphatic rings. The van der Waals surface area contributed by atoms with Crippen molar-refractivity contribution in [2.24, 2.45) is 17.8 Å². The van der Waals surface area contributed by atoms with Gasteiger partial charge in [0.2, 0.25) is 12.3 Å². The second-order valence-electron chi connectivity index (χ2n) is 8.40. The Labute approximate surface area is 180 Å². The molecule has 0 bridgehead atoms. The molecule has 0 radical (unpaired) electrons. The molecule has 1 aliphatic heterocycles. The highest BCUT2D eigenvalue weighted by molar-refractivity contribution is 6.36. The molecule has 0 spiro atoms. The zero-order chi connectivity index (χ0) is 21.3. The molecular weight excluding hydrogens is 421 g/mol. The number of alkyl halides is 2. The number of aliphatic hydroxyl groups is 1. The number of fused-ring (bicyclic) bond motifs is 1. The van der Waals surface area contributed by atoms with Crippen molar-refractivity contribution < 1.29 is 18.7 Å². The van der Waals surface area contributed by atoms with E-state index < -0.39 is 12.5 Å². The van der Waals surface area contributed by atoms with Crippen LogP contribution in [0.4, 0.5) is 8.78 Å². The number of nitrogens with zero attached hydrogens (tertiary/aromatic N) is 2. The fourth-order valence-corrected chi connectivity index (χ4v) is 5.90. The minimum atomic E-state index is -2.27. The first-order chi connectivity index (χ1) is 13.7. The summed E-state index contributed by atoms with van der Waals surface area (Å²) in [6.45, 7) is 4.14. The number of hydrogen-bond donors (Lipinski definition) is 1. The third kappa shape index (κ3) is 4.86. The van der Waals surface area contributed by atoms with Crippen molar-refractivity contribution in [1.29, 1.82) is 0 Å². The van der Waals surface area contributed by atoms with Crippen LogP contribution in [0.5, 0.6) is 0 Å². The average molecular weight is 449 g/mol. The van der Waals surface area contributed by atoms with Gasteiger partial charge < -0.3 is 10.0 Å². The van der Waals surface area contributed by atoms with Crippen molar-refractivity contribution >= 4 is 29.1 Å². The van der Waals surface area contributed by atoms with Gasteiger partial charge in [0.05, 0.1) is 28.3 Å². The topological polar surface area (TPSA) is 53.4 Å². The highest BCUT2D eigenvalue weighted by Crippen LogP contribution is 2.45. The number of aliphatic hydroxyl groups excluding tert-OH is 1. The number of aromatic nitrogens is 1. The molecule has 1 N–H and O–H groups in total. The van der Waals surface area contributed by atoms with Crippen LogP contribution in [-0.4, -0.2) is 39.9 Å². The SMILES string of the molecule is CC(O)c1ncc(Cl)c(CC(=O)N2CCC3C(CC(F)F)CCCC3C2C)c1Cl. The summed E-state index contributed by atoms with van der Waals surface area (Å²) in [5.74, 6) is 0.470. The molecule has 29 heavy (non-hydrogen) atoms. The standard InChI is InChI=1S/C21H28Cl2F2N2O2/c1-11-14-5-3-4-13(8-18(24)25)15(14)6-7-27(11)19(29)9-16-17(22)10-26-21(12(2)28)20(16)23/h10-15,18,28H,3-9H2,1-2H3. The first-order valence-electron chi connectivity index (χ1n) is 10.3. The van der Waals surface area contributed by atoms with Crippen LogP contribution in [0.3, 0.4) is 0 Å². The summed E-state index contributed by atoms with van der Waals surface area (Å²) in [4.78, 5) is 19.0. The van der Waals surface area contributed by atoms with Gasteiger partial charge in [-0.25, -0.2) is 8.78 Å². The van der Waals surface area contributed by atoms with Gasteiger partial charge in [-0.2, -0.15) is 0 Å². The Kier molecular flexibility index (Phi) is 7.39. The third-order valence-corrected chi connectivity index (χ3v) is 7.45. The second-order valence-corrected chi connectivity index (χ2v) is 9.18. The van der Waals surface area contributed by atoms with Gasteiger partial charge in [-0.3, -0.25) is 9.78 Å². The molecule has 5 unspecified atom stereocenters. The fourth-order valence-electron chi connectivity index (χ4n) is 5.26. The van der Waals surface area contributed by atoms with Crippen LogP contribution < -0.4 is 0 Å². The van der Waals surface area contributed by atoms with Crippen molar-refractivity contribution in [3.05, 3.63) is 27.5 Å². The van der Waals surface area contributed by atoms with Crippen LogP contribution in [0.15, 0.2) is 6.20 Å². The molecule has 8 heteroatoms. The van der Waals surface area contributed by atoms with E-state index in [9.17, 15) is 18.7 Å². The molecule has 1 aromatic rings. The predicted molar refractivity (Wildman–Crippen MR) is 109 cm³/mol. The largest absolute Gasteiger partial charge is 0.387 e. The smallest absolute Gasteiger partial charge is 0.238 e. The summed E-state index contributed by atoms with van der Waals surface area (Å²) in [5.41, 5.74) is 0.769. The number of carbonyl (C=O) groups excluding carboxylic acids is 1. The van der Waals surface area contributed by atoms with Crippen LogP contribution >= 0.6 is 23.2 Å². The second kappa shape index (κ2) is 9.44. The van der Waals surface area contributed by atoms with Gasteiger partial charge >= 0.3 is 0 Å². The minimum absolute atomic E-state index is 0.00246. The molecule has 1 saturated heterocycles. The summed E-state index contributed by atoms with van der Waals surface area (Å²) in [5, 5.41) is 10.3. The molecule has 162 valence electrons. The Balaban J connectivity index is 1.74. The number of carbonyl (C=O) groups is 1. The molecule has 2 fully saturated rings. The van der Waals surface area contributed by atoms with Gasteiger partial charge in [-0.05, 0) is 50.9 Å². The average Bonchev–Trinajstić information content (AvgIpc) is 2.65. The first-order valence-corrected chi connectivity index (χ1v) is 11.0. The Morgan fingerprint density at radius 1 is 1.31 bits per heavy atom. The lowest BCUT2D eigenvalue weighted by molar-refractivity contribution is -0.138. The Morgan fingerprint density at radius 3 is 2.69 bits per heavy atom. The molecule has 1 amide bonds. The normalized spacial score (nSPS) is 28.3. The van der Waals surface area contributed by atoms with Crippen molar-refractivity contribution in [2.45, 2.75) is 70.9 Å². The molecule has 2 heterocycles. The molecule has 1 aromatic heterocycles. The van der Waals surface area contributed by atoms with Gasteiger partial charge in [-0.15, -0.1) is 0 Å². The quantitative estimate of drug-likeness (QED) is 0.665. The van der Waals surface area contributed by atoms with E-state index in [1.165, 1.54) is 6.20 Å². The number of amides is 1. The number of pyridine rings is 1. The van der Waals surface area contributed by atoms with Gasteiger partial charge in [0.25, 0.3) is 0 Å². The Morgan fingerprint density at radius 2 is 2.03 bits per heavy atom. The van der Waals surface area contributed by atoms with E-state index >= 15 is 0 Å². The number of hydrogen-bond acceptors (Lipinski definition) is 3. The summed E-state index contributed by atoms with van der Waals surface area (Å²) in [6.07, 6.45) is 1.79. The lowest BCUT2D eigenvalue weighted by Gasteiger charge is -2.49. The van der Waals surface area contributed by atoms with Crippen LogP contribution in [0.2, 0.25) is 10.0 Å². The first kappa shape index (κ1) is 22.7. The number of piperidine rings is 1. The molecule has 5 atom stereocenters. The summed E-state index contributed by atoms with van der Waals surface area (Å²) < 4.78 is 25.9. The summed E-state index contributed by atoms with van der Waals surface area (Å²) in [7, 11) is 0. The Hall–Kier alpha value is -0.980. The maximum atomic E-state index is 13.1. The zero-order valence-corrected chi connectivity index (χ0v) is 18.3. The fraction of sp³-hybridized carbons (Fsp3) is 0.714. The van der Waals surface area contributed by atoms with E-state index in [1.54, 1.807) is 6.92 Å². The molecule has 3 rings (SSSR count). The summed E-state index contributed by atoms with van der Waals surface area (Å²) >= 11 is 12.6. The highest BCUT2D eigenvalue weighted by atomic mass is 35.5. The van der Waals surface area contributed by atoms with Crippen molar-refractivity contribution in [3.8, 4) is 0 Å². The van der Waals surface area contributed by atoms with Crippen molar-refractivity contribution in [1.82, 2.24) is 9.88 Å². The van der Waals surface area contributed by atoms with E-state index in [2.05, 4.69) is 4.98 Å². The number of rotatable bonds is 5. The predicted octanol–water partition coefficient (Wildman–Crippen LogP) is 5.29.